The molecular weight excluding hydrogens is 366 g/mol. The summed E-state index contributed by atoms with van der Waals surface area (Å²) in [6.07, 6.45) is 0. The maximum absolute atomic E-state index is 12.7. The standard InChI is InChI=1S/C24H21NO4/c25-13-15-6-5-7-16(12-15)22(23(26)27)24(28)29-14-21-19-10-3-1-8-17(19)18-9-2-4-11-20(18)21/h1-12,21-22H,13-14,25H2,(H,26,27). The highest BCUT2D eigenvalue weighted by molar-refractivity contribution is 6.00. The highest BCUT2D eigenvalue weighted by atomic mass is 16.5. The summed E-state index contributed by atoms with van der Waals surface area (Å²) in [7, 11) is 0. The third-order valence-corrected chi connectivity index (χ3v) is 5.36. The first-order valence-corrected chi connectivity index (χ1v) is 9.46. The number of nitrogens with two attached hydrogens (primary N) is 1. The van der Waals surface area contributed by atoms with Gasteiger partial charge in [-0.05, 0) is 33.4 Å². The predicted molar refractivity (Wildman–Crippen MR) is 109 cm³/mol. The SMILES string of the molecule is NCc1cccc(C(C(=O)O)C(=O)OCC2c3ccccc3-c3ccccc32)c1. The number of carboxylic acid groups (broad SMARTS) is 1. The molecule has 5 heteroatoms. The van der Waals surface area contributed by atoms with Gasteiger partial charge in [0, 0.05) is 12.5 Å². The quantitative estimate of drug-likeness (QED) is 0.498. The van der Waals surface area contributed by atoms with Gasteiger partial charge >= 0.3 is 11.9 Å². The molecule has 0 saturated heterocycles. The average molecular weight is 387 g/mol. The maximum atomic E-state index is 12.7. The number of benzene rings is 3. The van der Waals surface area contributed by atoms with E-state index in [1.807, 2.05) is 48.5 Å². The van der Waals surface area contributed by atoms with Crippen LogP contribution in [0.5, 0.6) is 0 Å². The van der Waals surface area contributed by atoms with Crippen molar-refractivity contribution in [3.8, 4) is 11.1 Å². The van der Waals surface area contributed by atoms with E-state index in [9.17, 15) is 14.7 Å². The molecular formula is C24H21NO4. The number of hydrogen-bond acceptors (Lipinski definition) is 4. The smallest absolute Gasteiger partial charge is 0.324 e. The molecule has 1 aliphatic rings. The Bertz CT molecular complexity index is 1030. The van der Waals surface area contributed by atoms with E-state index in [1.54, 1.807) is 24.3 Å². The Morgan fingerprint density at radius 2 is 1.55 bits per heavy atom. The second-order valence-corrected chi connectivity index (χ2v) is 7.08. The fourth-order valence-electron chi connectivity index (χ4n) is 3.97. The summed E-state index contributed by atoms with van der Waals surface area (Å²) in [6.45, 7) is 0.359. The minimum absolute atomic E-state index is 0.0905. The van der Waals surface area contributed by atoms with E-state index in [-0.39, 0.29) is 19.1 Å². The van der Waals surface area contributed by atoms with Crippen LogP contribution in [-0.4, -0.2) is 23.7 Å². The van der Waals surface area contributed by atoms with Gasteiger partial charge in [-0.3, -0.25) is 9.59 Å². The Hall–Kier alpha value is -3.44. The van der Waals surface area contributed by atoms with Gasteiger partial charge in [-0.2, -0.15) is 0 Å². The zero-order chi connectivity index (χ0) is 20.4. The van der Waals surface area contributed by atoms with Crippen LogP contribution in [0.15, 0.2) is 72.8 Å². The number of aliphatic carboxylic acids is 1. The molecule has 146 valence electrons. The summed E-state index contributed by atoms with van der Waals surface area (Å²) in [5.74, 6) is -3.51. The molecule has 1 atom stereocenters. The van der Waals surface area contributed by atoms with E-state index < -0.39 is 17.9 Å². The fourth-order valence-corrected chi connectivity index (χ4v) is 3.97. The largest absolute Gasteiger partial charge is 0.480 e. The molecule has 0 radical (unpaired) electrons. The van der Waals surface area contributed by atoms with Crippen LogP contribution < -0.4 is 5.73 Å². The number of fused-ring (bicyclic) bond motifs is 3. The maximum Gasteiger partial charge on any atom is 0.324 e. The number of esters is 1. The van der Waals surface area contributed by atoms with Crippen LogP contribution in [0.2, 0.25) is 0 Å². The molecule has 0 fully saturated rings. The summed E-state index contributed by atoms with van der Waals surface area (Å²) in [4.78, 5) is 24.5. The number of hydrogen-bond donors (Lipinski definition) is 2. The first-order valence-electron chi connectivity index (χ1n) is 9.46. The summed E-state index contributed by atoms with van der Waals surface area (Å²) in [5, 5.41) is 9.64. The molecule has 5 nitrogen and oxygen atoms in total. The number of ether oxygens (including phenoxy) is 1. The van der Waals surface area contributed by atoms with Crippen LogP contribution >= 0.6 is 0 Å². The predicted octanol–water partition coefficient (Wildman–Crippen LogP) is 3.67. The molecule has 0 bridgehead atoms. The molecule has 3 aromatic rings. The molecule has 0 aromatic heterocycles. The number of rotatable bonds is 6. The van der Waals surface area contributed by atoms with Crippen molar-refractivity contribution in [2.24, 2.45) is 5.73 Å². The van der Waals surface area contributed by atoms with E-state index in [0.29, 0.717) is 5.56 Å². The fraction of sp³-hybridized carbons (Fsp3) is 0.167. The molecule has 0 amide bonds. The lowest BCUT2D eigenvalue weighted by Gasteiger charge is -2.17. The van der Waals surface area contributed by atoms with E-state index >= 15 is 0 Å². The van der Waals surface area contributed by atoms with E-state index in [4.69, 9.17) is 10.5 Å². The second kappa shape index (κ2) is 7.89. The van der Waals surface area contributed by atoms with Gasteiger partial charge in [0.1, 0.15) is 6.61 Å². The van der Waals surface area contributed by atoms with Crippen molar-refractivity contribution in [1.29, 1.82) is 0 Å². The highest BCUT2D eigenvalue weighted by Gasteiger charge is 2.33. The Kier molecular flexibility index (Phi) is 5.14. The van der Waals surface area contributed by atoms with Crippen molar-refractivity contribution < 1.29 is 19.4 Å². The van der Waals surface area contributed by atoms with Crippen molar-refractivity contribution >= 4 is 11.9 Å². The minimum Gasteiger partial charge on any atom is -0.480 e. The molecule has 0 heterocycles. The zero-order valence-electron chi connectivity index (χ0n) is 15.7. The highest BCUT2D eigenvalue weighted by Crippen LogP contribution is 2.44. The van der Waals surface area contributed by atoms with Crippen LogP contribution in [-0.2, 0) is 20.9 Å². The number of carboxylic acids is 1. The first kappa shape index (κ1) is 18.9. The summed E-state index contributed by atoms with van der Waals surface area (Å²) in [5.41, 5.74) is 11.2. The number of carbonyl (C=O) groups is 2. The van der Waals surface area contributed by atoms with Gasteiger partial charge in [-0.1, -0.05) is 72.8 Å². The Labute approximate surface area is 168 Å². The van der Waals surface area contributed by atoms with Crippen molar-refractivity contribution in [2.75, 3.05) is 6.61 Å². The van der Waals surface area contributed by atoms with Gasteiger partial charge in [-0.15, -0.1) is 0 Å². The summed E-state index contributed by atoms with van der Waals surface area (Å²) < 4.78 is 5.54. The second-order valence-electron chi connectivity index (χ2n) is 7.08. The molecule has 4 rings (SSSR count). The summed E-state index contributed by atoms with van der Waals surface area (Å²) >= 11 is 0. The third kappa shape index (κ3) is 3.52. The molecule has 3 aromatic carbocycles. The third-order valence-electron chi connectivity index (χ3n) is 5.36. The molecule has 29 heavy (non-hydrogen) atoms. The molecule has 3 N–H and O–H groups in total. The van der Waals surface area contributed by atoms with Crippen LogP contribution in [0.4, 0.5) is 0 Å². The lowest BCUT2D eigenvalue weighted by atomic mass is 9.96. The van der Waals surface area contributed by atoms with Gasteiger partial charge in [0.15, 0.2) is 5.92 Å². The molecule has 1 aliphatic carbocycles. The van der Waals surface area contributed by atoms with Crippen molar-refractivity contribution in [2.45, 2.75) is 18.4 Å². The van der Waals surface area contributed by atoms with Crippen LogP contribution in [0.1, 0.15) is 34.1 Å². The Balaban J connectivity index is 1.58. The van der Waals surface area contributed by atoms with Crippen molar-refractivity contribution in [1.82, 2.24) is 0 Å². The van der Waals surface area contributed by atoms with Gasteiger partial charge in [-0.25, -0.2) is 0 Å². The van der Waals surface area contributed by atoms with Crippen LogP contribution in [0.25, 0.3) is 11.1 Å². The normalized spacial score (nSPS) is 13.4. The lowest BCUT2D eigenvalue weighted by molar-refractivity contribution is -0.154. The average Bonchev–Trinajstić information content (AvgIpc) is 3.06. The molecule has 0 spiro atoms. The molecule has 1 unspecified atom stereocenters. The topological polar surface area (TPSA) is 89.6 Å². The number of carbonyl (C=O) groups excluding carboxylic acids is 1. The zero-order valence-corrected chi connectivity index (χ0v) is 15.7. The minimum atomic E-state index is -1.38. The van der Waals surface area contributed by atoms with E-state index in [0.717, 1.165) is 27.8 Å². The van der Waals surface area contributed by atoms with Crippen LogP contribution in [0, 0.1) is 0 Å². The van der Waals surface area contributed by atoms with Gasteiger partial charge in [0.2, 0.25) is 0 Å². The van der Waals surface area contributed by atoms with Crippen molar-refractivity contribution in [3.63, 3.8) is 0 Å². The Morgan fingerprint density at radius 1 is 0.931 bits per heavy atom. The van der Waals surface area contributed by atoms with Crippen molar-refractivity contribution in [3.05, 3.63) is 95.1 Å². The first-order chi connectivity index (χ1) is 14.1. The van der Waals surface area contributed by atoms with E-state index in [2.05, 4.69) is 0 Å². The van der Waals surface area contributed by atoms with Gasteiger partial charge in [0.05, 0.1) is 0 Å². The molecule has 0 saturated carbocycles. The summed E-state index contributed by atoms with van der Waals surface area (Å²) in [6, 6.07) is 22.8. The van der Waals surface area contributed by atoms with Gasteiger partial charge in [0.25, 0.3) is 0 Å². The monoisotopic (exact) mass is 387 g/mol. The molecule has 0 aliphatic heterocycles. The van der Waals surface area contributed by atoms with Crippen LogP contribution in [0.3, 0.4) is 0 Å². The Morgan fingerprint density at radius 3 is 2.14 bits per heavy atom. The lowest BCUT2D eigenvalue weighted by Crippen LogP contribution is -2.25. The van der Waals surface area contributed by atoms with Gasteiger partial charge < -0.3 is 15.6 Å². The van der Waals surface area contributed by atoms with E-state index in [1.165, 1.54) is 0 Å².